The first kappa shape index (κ1) is 66.1. The largest absolute Gasteiger partial charge is 0.462 e. The summed E-state index contributed by atoms with van der Waals surface area (Å²) in [6.45, 7) is 6.48. The summed E-state index contributed by atoms with van der Waals surface area (Å²) in [6.07, 6.45) is 72.3. The summed E-state index contributed by atoms with van der Waals surface area (Å²) in [6, 6.07) is 0. The molecule has 0 aromatic heterocycles. The molecule has 0 aromatic rings. The maximum atomic E-state index is 12.9. The highest BCUT2D eigenvalue weighted by Crippen LogP contribution is 2.17. The highest BCUT2D eigenvalue weighted by atomic mass is 16.6. The Kier molecular flexibility index (Phi) is 55.3. The highest BCUT2D eigenvalue weighted by molar-refractivity contribution is 5.71. The number of carbonyl (C=O) groups excluding carboxylic acids is 3. The molecule has 0 aliphatic carbocycles. The van der Waals surface area contributed by atoms with Crippen molar-refractivity contribution in [2.45, 2.75) is 309 Å². The number of rotatable bonds is 54. The Morgan fingerprint density at radius 3 is 0.884 bits per heavy atom. The zero-order valence-electron chi connectivity index (χ0n) is 45.8. The molecular weight excluding hydrogens is 853 g/mol. The molecule has 0 rings (SSSR count). The number of hydrogen-bond donors (Lipinski definition) is 0. The van der Waals surface area contributed by atoms with Crippen molar-refractivity contribution in [2.75, 3.05) is 13.2 Å². The van der Waals surface area contributed by atoms with Crippen LogP contribution in [0.5, 0.6) is 0 Å². The third-order valence-corrected chi connectivity index (χ3v) is 13.2. The van der Waals surface area contributed by atoms with E-state index in [1.54, 1.807) is 0 Å². The van der Waals surface area contributed by atoms with Gasteiger partial charge in [-0.2, -0.15) is 0 Å². The lowest BCUT2D eigenvalue weighted by Gasteiger charge is -2.18. The van der Waals surface area contributed by atoms with Gasteiger partial charge in [0, 0.05) is 19.3 Å². The second-order valence-electron chi connectivity index (χ2n) is 20.0. The van der Waals surface area contributed by atoms with Gasteiger partial charge in [-0.3, -0.25) is 14.4 Å². The summed E-state index contributed by atoms with van der Waals surface area (Å²) in [7, 11) is 0. The zero-order valence-corrected chi connectivity index (χ0v) is 45.8. The first-order valence-corrected chi connectivity index (χ1v) is 29.9. The van der Waals surface area contributed by atoms with Gasteiger partial charge >= 0.3 is 17.9 Å². The molecule has 0 heterocycles. The fourth-order valence-electron chi connectivity index (χ4n) is 8.71. The highest BCUT2D eigenvalue weighted by Gasteiger charge is 2.19. The molecule has 400 valence electrons. The van der Waals surface area contributed by atoms with Crippen LogP contribution >= 0.6 is 0 Å². The van der Waals surface area contributed by atoms with Gasteiger partial charge in [-0.1, -0.05) is 313 Å². The van der Waals surface area contributed by atoms with Crippen LogP contribution in [0.15, 0.2) is 60.8 Å². The van der Waals surface area contributed by atoms with Gasteiger partial charge in [0.05, 0.1) is 0 Å². The standard InChI is InChI=1S/C63H112O6/c1-4-7-10-13-16-19-22-25-27-29-31-33-35-38-41-44-47-50-53-56-62(65)68-59-60(58-67-61(64)55-52-49-46-43-40-37-24-21-18-15-12-9-6-3)69-63(66)57-54-51-48-45-42-39-36-34-32-30-28-26-23-20-17-14-11-8-5-2/h9,12,15,18,21,24,37,40,43,46,60H,4-8,10-11,13-14,16-17,19-20,22-23,25-36,38-39,41-42,44-45,47-59H2,1-3H3/b12-9-,18-15-,24-21-,40-37-,46-43-. The van der Waals surface area contributed by atoms with Gasteiger partial charge < -0.3 is 14.2 Å². The lowest BCUT2D eigenvalue weighted by molar-refractivity contribution is -0.167. The molecular formula is C63H112O6. The van der Waals surface area contributed by atoms with E-state index in [1.165, 1.54) is 205 Å². The third-order valence-electron chi connectivity index (χ3n) is 13.2. The first-order chi connectivity index (χ1) is 34.0. The topological polar surface area (TPSA) is 78.9 Å². The van der Waals surface area contributed by atoms with E-state index < -0.39 is 6.10 Å². The molecule has 69 heavy (non-hydrogen) atoms. The Morgan fingerprint density at radius 2 is 0.565 bits per heavy atom. The van der Waals surface area contributed by atoms with Crippen molar-refractivity contribution in [1.82, 2.24) is 0 Å². The monoisotopic (exact) mass is 965 g/mol. The fourth-order valence-corrected chi connectivity index (χ4v) is 8.71. The van der Waals surface area contributed by atoms with Crippen molar-refractivity contribution in [3.63, 3.8) is 0 Å². The van der Waals surface area contributed by atoms with Crippen LogP contribution in [-0.4, -0.2) is 37.2 Å². The molecule has 0 saturated heterocycles. The van der Waals surface area contributed by atoms with Crippen LogP contribution in [0.3, 0.4) is 0 Å². The Balaban J connectivity index is 4.36. The van der Waals surface area contributed by atoms with Gasteiger partial charge in [0.25, 0.3) is 0 Å². The molecule has 6 nitrogen and oxygen atoms in total. The number of carbonyl (C=O) groups is 3. The van der Waals surface area contributed by atoms with Gasteiger partial charge in [-0.15, -0.1) is 0 Å². The summed E-state index contributed by atoms with van der Waals surface area (Å²) in [5, 5.41) is 0. The summed E-state index contributed by atoms with van der Waals surface area (Å²) in [4.78, 5) is 38.1. The number of unbranched alkanes of at least 4 members (excludes halogenated alkanes) is 37. The van der Waals surface area contributed by atoms with E-state index in [4.69, 9.17) is 14.2 Å². The summed E-state index contributed by atoms with van der Waals surface area (Å²) < 4.78 is 16.8. The molecule has 0 radical (unpaired) electrons. The van der Waals surface area contributed by atoms with Crippen LogP contribution in [0.2, 0.25) is 0 Å². The number of esters is 3. The average molecular weight is 966 g/mol. The predicted molar refractivity (Wildman–Crippen MR) is 298 cm³/mol. The minimum absolute atomic E-state index is 0.0923. The number of allylic oxidation sites excluding steroid dienone is 10. The fraction of sp³-hybridized carbons (Fsp3) is 0.794. The Labute approximate surface area is 428 Å². The van der Waals surface area contributed by atoms with Crippen molar-refractivity contribution >= 4 is 17.9 Å². The van der Waals surface area contributed by atoms with E-state index in [1.807, 2.05) is 54.7 Å². The molecule has 0 spiro atoms. The molecule has 0 fully saturated rings. The molecule has 1 atom stereocenters. The minimum atomic E-state index is -0.800. The van der Waals surface area contributed by atoms with E-state index in [2.05, 4.69) is 26.8 Å². The molecule has 0 bridgehead atoms. The van der Waals surface area contributed by atoms with E-state index in [-0.39, 0.29) is 37.5 Å². The van der Waals surface area contributed by atoms with E-state index >= 15 is 0 Å². The normalized spacial score (nSPS) is 12.4. The maximum Gasteiger partial charge on any atom is 0.306 e. The Morgan fingerprint density at radius 1 is 0.304 bits per heavy atom. The van der Waals surface area contributed by atoms with Crippen LogP contribution in [0.25, 0.3) is 0 Å². The van der Waals surface area contributed by atoms with E-state index in [9.17, 15) is 14.4 Å². The van der Waals surface area contributed by atoms with E-state index in [0.717, 1.165) is 51.4 Å². The number of ether oxygens (including phenoxy) is 3. The van der Waals surface area contributed by atoms with Gasteiger partial charge in [0.15, 0.2) is 6.10 Å². The van der Waals surface area contributed by atoms with Crippen LogP contribution in [0.1, 0.15) is 303 Å². The van der Waals surface area contributed by atoms with Crippen molar-refractivity contribution in [1.29, 1.82) is 0 Å². The smallest absolute Gasteiger partial charge is 0.306 e. The van der Waals surface area contributed by atoms with Crippen LogP contribution < -0.4 is 0 Å². The SMILES string of the molecule is CC\C=C/C=C\C=C/C=C\C=C/CCCC(=O)OCC(COC(=O)CCCCCCCCCCCCCCCCCCCCC)OC(=O)CCCCCCCCCCCCCCCCCCCCC. The lowest BCUT2D eigenvalue weighted by Crippen LogP contribution is -2.30. The van der Waals surface area contributed by atoms with Crippen LogP contribution in [-0.2, 0) is 28.6 Å². The van der Waals surface area contributed by atoms with Gasteiger partial charge in [-0.05, 0) is 32.1 Å². The Hall–Kier alpha value is -2.89. The van der Waals surface area contributed by atoms with Crippen LogP contribution in [0, 0.1) is 0 Å². The summed E-state index contributed by atoms with van der Waals surface area (Å²) >= 11 is 0. The molecule has 0 amide bonds. The maximum absolute atomic E-state index is 12.9. The minimum Gasteiger partial charge on any atom is -0.462 e. The van der Waals surface area contributed by atoms with Crippen molar-refractivity contribution in [2.24, 2.45) is 0 Å². The summed E-state index contributed by atoms with van der Waals surface area (Å²) in [5.41, 5.74) is 0. The number of hydrogen-bond acceptors (Lipinski definition) is 6. The zero-order chi connectivity index (χ0) is 50.0. The average Bonchev–Trinajstić information content (AvgIpc) is 3.35. The van der Waals surface area contributed by atoms with Crippen molar-refractivity contribution in [3.05, 3.63) is 60.8 Å². The van der Waals surface area contributed by atoms with Gasteiger partial charge in [0.2, 0.25) is 0 Å². The molecule has 0 N–H and O–H groups in total. The molecule has 0 saturated carbocycles. The first-order valence-electron chi connectivity index (χ1n) is 29.9. The molecule has 6 heteroatoms. The Bertz CT molecular complexity index is 1250. The van der Waals surface area contributed by atoms with Gasteiger partial charge in [0.1, 0.15) is 13.2 Å². The van der Waals surface area contributed by atoms with Crippen molar-refractivity contribution < 1.29 is 28.6 Å². The molecule has 0 aliphatic heterocycles. The van der Waals surface area contributed by atoms with Gasteiger partial charge in [-0.25, -0.2) is 0 Å². The van der Waals surface area contributed by atoms with E-state index in [0.29, 0.717) is 19.3 Å². The lowest BCUT2D eigenvalue weighted by atomic mass is 10.0. The second kappa shape index (κ2) is 57.7. The van der Waals surface area contributed by atoms with Crippen LogP contribution in [0.4, 0.5) is 0 Å². The molecule has 0 aliphatic rings. The molecule has 0 aromatic carbocycles. The van der Waals surface area contributed by atoms with Crippen molar-refractivity contribution in [3.8, 4) is 0 Å². The predicted octanol–water partition coefficient (Wildman–Crippen LogP) is 20.0. The molecule has 1 unspecified atom stereocenters. The second-order valence-corrected chi connectivity index (χ2v) is 20.0. The third kappa shape index (κ3) is 55.9. The summed E-state index contributed by atoms with van der Waals surface area (Å²) in [5.74, 6) is -0.952. The quantitative estimate of drug-likeness (QED) is 0.0262.